The lowest BCUT2D eigenvalue weighted by molar-refractivity contribution is -0.118. The van der Waals surface area contributed by atoms with Crippen molar-refractivity contribution in [2.24, 2.45) is 11.8 Å². The molecule has 0 fully saturated rings. The van der Waals surface area contributed by atoms with E-state index in [2.05, 4.69) is 26.0 Å². The third-order valence-electron chi connectivity index (χ3n) is 3.24. The Morgan fingerprint density at radius 1 is 1.46 bits per heavy atom. The SMILES string of the molecule is CCC1=C(C)CC2C=CC(C2)C1=O. The minimum absolute atomic E-state index is 0.206. The second-order valence-corrected chi connectivity index (χ2v) is 4.17. The molecule has 1 nitrogen and oxygen atoms in total. The van der Waals surface area contributed by atoms with Crippen LogP contribution in [0.3, 0.4) is 0 Å². The van der Waals surface area contributed by atoms with Crippen LogP contribution < -0.4 is 0 Å². The number of carbonyl (C=O) groups is 1. The van der Waals surface area contributed by atoms with Gasteiger partial charge in [0.2, 0.25) is 0 Å². The highest BCUT2D eigenvalue weighted by atomic mass is 16.1. The first kappa shape index (κ1) is 8.74. The maximum atomic E-state index is 11.9. The van der Waals surface area contributed by atoms with Crippen LogP contribution in [0.15, 0.2) is 23.3 Å². The van der Waals surface area contributed by atoms with E-state index < -0.39 is 0 Å². The van der Waals surface area contributed by atoms with Gasteiger partial charge in [0.1, 0.15) is 0 Å². The van der Waals surface area contributed by atoms with Gasteiger partial charge in [0.15, 0.2) is 5.78 Å². The van der Waals surface area contributed by atoms with Crippen molar-refractivity contribution in [3.8, 4) is 0 Å². The average Bonchev–Trinajstić information content (AvgIpc) is 2.49. The second kappa shape index (κ2) is 3.13. The Kier molecular flexibility index (Phi) is 2.10. The van der Waals surface area contributed by atoms with Crippen LogP contribution in [0.2, 0.25) is 0 Å². The molecule has 0 aromatic heterocycles. The smallest absolute Gasteiger partial charge is 0.165 e. The minimum Gasteiger partial charge on any atom is -0.294 e. The highest BCUT2D eigenvalue weighted by Gasteiger charge is 2.30. The highest BCUT2D eigenvalue weighted by molar-refractivity contribution is 5.99. The lowest BCUT2D eigenvalue weighted by Gasteiger charge is -2.09. The van der Waals surface area contributed by atoms with Gasteiger partial charge in [0, 0.05) is 5.92 Å². The fourth-order valence-electron chi connectivity index (χ4n) is 2.55. The number of Topliss-reactive ketones (excluding diaryl/α,β-unsaturated/α-hetero) is 1. The molecular weight excluding hydrogens is 160 g/mol. The van der Waals surface area contributed by atoms with E-state index in [9.17, 15) is 4.79 Å². The third kappa shape index (κ3) is 1.37. The number of ketones is 1. The topological polar surface area (TPSA) is 17.1 Å². The molecule has 1 heteroatoms. The van der Waals surface area contributed by atoms with E-state index in [1.807, 2.05) is 0 Å². The van der Waals surface area contributed by atoms with Crippen LogP contribution in [0.1, 0.15) is 33.1 Å². The zero-order chi connectivity index (χ0) is 9.42. The molecule has 0 aromatic carbocycles. The van der Waals surface area contributed by atoms with Crippen LogP contribution in [0.4, 0.5) is 0 Å². The van der Waals surface area contributed by atoms with E-state index in [0.29, 0.717) is 11.7 Å². The van der Waals surface area contributed by atoms with Crippen molar-refractivity contribution >= 4 is 5.78 Å². The molecule has 70 valence electrons. The van der Waals surface area contributed by atoms with Gasteiger partial charge in [-0.15, -0.1) is 0 Å². The molecule has 2 unspecified atom stereocenters. The summed E-state index contributed by atoms with van der Waals surface area (Å²) in [7, 11) is 0. The maximum Gasteiger partial charge on any atom is 0.165 e. The van der Waals surface area contributed by atoms with Crippen molar-refractivity contribution in [1.29, 1.82) is 0 Å². The van der Waals surface area contributed by atoms with E-state index >= 15 is 0 Å². The number of rotatable bonds is 1. The molecule has 2 rings (SSSR count). The number of hydrogen-bond donors (Lipinski definition) is 0. The molecule has 0 radical (unpaired) electrons. The van der Waals surface area contributed by atoms with Gasteiger partial charge in [0.25, 0.3) is 0 Å². The first-order chi connectivity index (χ1) is 6.22. The van der Waals surface area contributed by atoms with Crippen molar-refractivity contribution in [2.75, 3.05) is 0 Å². The molecule has 0 saturated carbocycles. The fraction of sp³-hybridized carbons (Fsp3) is 0.583. The zero-order valence-corrected chi connectivity index (χ0v) is 8.34. The summed E-state index contributed by atoms with van der Waals surface area (Å²) in [4.78, 5) is 11.9. The Morgan fingerprint density at radius 3 is 2.92 bits per heavy atom. The third-order valence-corrected chi connectivity index (χ3v) is 3.24. The molecule has 0 saturated heterocycles. The van der Waals surface area contributed by atoms with Crippen LogP contribution in [-0.4, -0.2) is 5.78 Å². The Balaban J connectivity index is 2.36. The largest absolute Gasteiger partial charge is 0.294 e. The zero-order valence-electron chi connectivity index (χ0n) is 8.34. The van der Waals surface area contributed by atoms with Crippen LogP contribution >= 0.6 is 0 Å². The normalized spacial score (nSPS) is 32.6. The molecule has 0 heterocycles. The van der Waals surface area contributed by atoms with Crippen molar-refractivity contribution in [2.45, 2.75) is 33.1 Å². The number of hydrogen-bond acceptors (Lipinski definition) is 1. The van der Waals surface area contributed by atoms with E-state index in [0.717, 1.165) is 24.8 Å². The van der Waals surface area contributed by atoms with Gasteiger partial charge in [-0.25, -0.2) is 0 Å². The van der Waals surface area contributed by atoms with Crippen LogP contribution in [0.25, 0.3) is 0 Å². The standard InChI is InChI=1S/C12H16O/c1-3-11-8(2)6-9-4-5-10(7-9)12(11)13/h4-5,9-10H,3,6-7H2,1-2H3. The van der Waals surface area contributed by atoms with E-state index in [1.54, 1.807) is 0 Å². The second-order valence-electron chi connectivity index (χ2n) is 4.17. The average molecular weight is 176 g/mol. The summed E-state index contributed by atoms with van der Waals surface area (Å²) < 4.78 is 0. The summed E-state index contributed by atoms with van der Waals surface area (Å²) in [5, 5.41) is 0. The number of allylic oxidation sites excluding steroid dienone is 4. The lowest BCUT2D eigenvalue weighted by Crippen LogP contribution is -2.12. The fourth-order valence-corrected chi connectivity index (χ4v) is 2.55. The van der Waals surface area contributed by atoms with E-state index in [-0.39, 0.29) is 5.92 Å². The molecule has 2 aliphatic carbocycles. The van der Waals surface area contributed by atoms with Crippen LogP contribution in [0, 0.1) is 11.8 Å². The van der Waals surface area contributed by atoms with Crippen molar-refractivity contribution in [1.82, 2.24) is 0 Å². The van der Waals surface area contributed by atoms with Gasteiger partial charge in [-0.05, 0) is 37.7 Å². The van der Waals surface area contributed by atoms with Gasteiger partial charge in [-0.1, -0.05) is 24.6 Å². The predicted molar refractivity (Wildman–Crippen MR) is 53.4 cm³/mol. The van der Waals surface area contributed by atoms with Crippen molar-refractivity contribution < 1.29 is 4.79 Å². The molecule has 13 heavy (non-hydrogen) atoms. The highest BCUT2D eigenvalue weighted by Crippen LogP contribution is 2.36. The quantitative estimate of drug-likeness (QED) is 0.561. The summed E-state index contributed by atoms with van der Waals surface area (Å²) in [6.07, 6.45) is 7.39. The van der Waals surface area contributed by atoms with Crippen LogP contribution in [0.5, 0.6) is 0 Å². The van der Waals surface area contributed by atoms with Crippen LogP contribution in [-0.2, 0) is 4.79 Å². The van der Waals surface area contributed by atoms with Crippen molar-refractivity contribution in [3.63, 3.8) is 0 Å². The van der Waals surface area contributed by atoms with Gasteiger partial charge in [0.05, 0.1) is 0 Å². The summed E-state index contributed by atoms with van der Waals surface area (Å²) in [6, 6.07) is 0. The number of carbonyl (C=O) groups excluding carboxylic acids is 1. The molecule has 0 aliphatic heterocycles. The van der Waals surface area contributed by atoms with E-state index in [4.69, 9.17) is 0 Å². The molecule has 0 amide bonds. The first-order valence-electron chi connectivity index (χ1n) is 5.13. The van der Waals surface area contributed by atoms with Gasteiger partial charge >= 0.3 is 0 Å². The molecule has 0 N–H and O–H groups in total. The lowest BCUT2D eigenvalue weighted by atomic mass is 9.94. The first-order valence-corrected chi connectivity index (χ1v) is 5.13. The summed E-state index contributed by atoms with van der Waals surface area (Å²) in [5.41, 5.74) is 2.42. The molecule has 0 spiro atoms. The Bertz CT molecular complexity index is 296. The Morgan fingerprint density at radius 2 is 2.23 bits per heavy atom. The molecular formula is C12H16O. The predicted octanol–water partition coefficient (Wildman–Crippen LogP) is 2.88. The molecule has 2 bridgehead atoms. The van der Waals surface area contributed by atoms with Gasteiger partial charge in [-0.2, -0.15) is 0 Å². The Labute approximate surface area is 79.5 Å². The van der Waals surface area contributed by atoms with Crippen molar-refractivity contribution in [3.05, 3.63) is 23.3 Å². The Hall–Kier alpha value is -0.850. The maximum absolute atomic E-state index is 11.9. The monoisotopic (exact) mass is 176 g/mol. The molecule has 2 aliphatic rings. The number of fused-ring (bicyclic) bond motifs is 2. The summed E-state index contributed by atoms with van der Waals surface area (Å²) >= 11 is 0. The minimum atomic E-state index is 0.206. The summed E-state index contributed by atoms with van der Waals surface area (Å²) in [5.74, 6) is 1.23. The van der Waals surface area contributed by atoms with Gasteiger partial charge < -0.3 is 0 Å². The molecule has 0 aromatic rings. The summed E-state index contributed by atoms with van der Waals surface area (Å²) in [6.45, 7) is 4.20. The van der Waals surface area contributed by atoms with Gasteiger partial charge in [-0.3, -0.25) is 4.79 Å². The van der Waals surface area contributed by atoms with E-state index in [1.165, 1.54) is 5.57 Å². The molecule has 2 atom stereocenters.